The van der Waals surface area contributed by atoms with E-state index in [4.69, 9.17) is 11.2 Å². The number of terminal acetylenes is 1. The van der Waals surface area contributed by atoms with Gasteiger partial charge in [0.05, 0.1) is 18.4 Å². The molecule has 1 spiro atoms. The number of carbonyl (C=O) groups excluding carboxylic acids is 1. The Morgan fingerprint density at radius 2 is 1.93 bits per heavy atom. The van der Waals surface area contributed by atoms with Crippen LogP contribution in [0.2, 0.25) is 0 Å². The summed E-state index contributed by atoms with van der Waals surface area (Å²) in [5.74, 6) is 3.43. The van der Waals surface area contributed by atoms with E-state index in [1.165, 1.54) is 5.56 Å². The molecule has 3 aliphatic heterocycles. The van der Waals surface area contributed by atoms with Gasteiger partial charge in [-0.3, -0.25) is 9.78 Å². The number of hydrogen-bond donors (Lipinski definition) is 0. The first-order valence-electron chi connectivity index (χ1n) is 9.79. The van der Waals surface area contributed by atoms with Gasteiger partial charge in [0.15, 0.2) is 5.60 Å². The number of fused-ring (bicyclic) bond motifs is 1. The molecule has 0 unspecified atom stereocenters. The Hall–Kier alpha value is -2.91. The fourth-order valence-corrected chi connectivity index (χ4v) is 4.72. The molecule has 28 heavy (non-hydrogen) atoms. The Morgan fingerprint density at radius 1 is 1.14 bits per heavy atom. The van der Waals surface area contributed by atoms with Crippen LogP contribution in [0.5, 0.6) is 0 Å². The maximum absolute atomic E-state index is 13.4. The van der Waals surface area contributed by atoms with Crippen molar-refractivity contribution in [3.63, 3.8) is 0 Å². The first-order valence-corrected chi connectivity index (χ1v) is 9.79. The van der Waals surface area contributed by atoms with Crippen molar-refractivity contribution in [3.05, 3.63) is 54.0 Å². The van der Waals surface area contributed by atoms with Gasteiger partial charge in [0, 0.05) is 25.9 Å². The fraction of sp³-hybridized carbons (Fsp3) is 0.409. The summed E-state index contributed by atoms with van der Waals surface area (Å²) in [6, 6.07) is 10.4. The molecule has 0 bridgehead atoms. The van der Waals surface area contributed by atoms with Gasteiger partial charge in [0.1, 0.15) is 17.7 Å². The molecule has 4 heterocycles. The minimum atomic E-state index is -0.703. The molecule has 0 radical (unpaired) electrons. The first kappa shape index (κ1) is 17.2. The number of anilines is 1. The second-order valence-corrected chi connectivity index (χ2v) is 7.68. The Bertz CT molecular complexity index is 931. The van der Waals surface area contributed by atoms with E-state index in [9.17, 15) is 4.79 Å². The molecule has 2 aromatic rings. The molecular formula is C22H22N4O2. The Morgan fingerprint density at radius 3 is 2.68 bits per heavy atom. The zero-order chi connectivity index (χ0) is 19.1. The molecule has 0 N–H and O–H groups in total. The van der Waals surface area contributed by atoms with Crippen molar-refractivity contribution in [2.24, 2.45) is 0 Å². The molecule has 3 fully saturated rings. The van der Waals surface area contributed by atoms with Crippen LogP contribution >= 0.6 is 0 Å². The highest BCUT2D eigenvalue weighted by Gasteiger charge is 2.57. The summed E-state index contributed by atoms with van der Waals surface area (Å²) < 4.78 is 6.39. The second kappa shape index (κ2) is 6.61. The lowest BCUT2D eigenvalue weighted by Gasteiger charge is -2.38. The molecule has 1 aromatic heterocycles. The minimum Gasteiger partial charge on any atom is -0.355 e. The molecule has 5 rings (SSSR count). The van der Waals surface area contributed by atoms with E-state index >= 15 is 0 Å². The van der Waals surface area contributed by atoms with Crippen molar-refractivity contribution >= 4 is 11.7 Å². The van der Waals surface area contributed by atoms with E-state index in [0.717, 1.165) is 18.7 Å². The number of benzene rings is 1. The normalized spacial score (nSPS) is 25.8. The molecule has 3 saturated heterocycles. The van der Waals surface area contributed by atoms with Gasteiger partial charge < -0.3 is 14.5 Å². The van der Waals surface area contributed by atoms with Crippen LogP contribution in [-0.2, 0) is 9.53 Å². The summed E-state index contributed by atoms with van der Waals surface area (Å²) in [5, 5.41) is 0. The third kappa shape index (κ3) is 2.66. The Kier molecular flexibility index (Phi) is 4.06. The lowest BCUT2D eigenvalue weighted by atomic mass is 9.89. The van der Waals surface area contributed by atoms with E-state index in [-0.39, 0.29) is 18.2 Å². The zero-order valence-corrected chi connectivity index (χ0v) is 15.6. The lowest BCUT2D eigenvalue weighted by molar-refractivity contribution is -0.140. The monoisotopic (exact) mass is 374 g/mol. The quantitative estimate of drug-likeness (QED) is 0.756. The van der Waals surface area contributed by atoms with E-state index in [1.54, 1.807) is 12.4 Å². The van der Waals surface area contributed by atoms with Crippen molar-refractivity contribution in [2.75, 3.05) is 18.0 Å². The number of nitrogens with zero attached hydrogens (tertiary/aromatic N) is 4. The predicted octanol–water partition coefficient (Wildman–Crippen LogP) is 2.52. The van der Waals surface area contributed by atoms with Crippen LogP contribution in [0.25, 0.3) is 0 Å². The number of aromatic nitrogens is 2. The summed E-state index contributed by atoms with van der Waals surface area (Å²) >= 11 is 0. The number of hydrogen-bond acceptors (Lipinski definition) is 5. The summed E-state index contributed by atoms with van der Waals surface area (Å²) in [4.78, 5) is 26.2. The third-order valence-electron chi connectivity index (χ3n) is 6.17. The number of rotatable bonds is 2. The van der Waals surface area contributed by atoms with Crippen LogP contribution < -0.4 is 4.90 Å². The summed E-state index contributed by atoms with van der Waals surface area (Å²) in [6.07, 6.45) is 11.8. The fourth-order valence-electron chi connectivity index (χ4n) is 4.72. The third-order valence-corrected chi connectivity index (χ3v) is 6.17. The highest BCUT2D eigenvalue weighted by atomic mass is 16.6. The minimum absolute atomic E-state index is 0.103. The van der Waals surface area contributed by atoms with Gasteiger partial charge in [-0.1, -0.05) is 30.3 Å². The van der Waals surface area contributed by atoms with Crippen LogP contribution in [-0.4, -0.2) is 45.7 Å². The average Bonchev–Trinajstić information content (AvgIpc) is 3.27. The zero-order valence-electron chi connectivity index (χ0n) is 15.6. The molecule has 3 aliphatic rings. The van der Waals surface area contributed by atoms with Crippen LogP contribution in [0.1, 0.15) is 43.0 Å². The summed E-state index contributed by atoms with van der Waals surface area (Å²) in [6.45, 7) is 1.40. The lowest BCUT2D eigenvalue weighted by Crippen LogP contribution is -2.50. The number of ether oxygens (including phenoxy) is 1. The van der Waals surface area contributed by atoms with Gasteiger partial charge in [-0.25, -0.2) is 4.98 Å². The SMILES string of the molecule is C#Cc1cncc(N2CCC3(CC2)O[C@@H]2CC[C@@H](c4ccccc4)N2C3=O)n1. The average molecular weight is 374 g/mol. The molecule has 6 heteroatoms. The molecular weight excluding hydrogens is 352 g/mol. The van der Waals surface area contributed by atoms with Crippen molar-refractivity contribution in [1.82, 2.24) is 14.9 Å². The van der Waals surface area contributed by atoms with E-state index in [1.807, 2.05) is 23.1 Å². The van der Waals surface area contributed by atoms with Gasteiger partial charge in [-0.2, -0.15) is 0 Å². The smallest absolute Gasteiger partial charge is 0.257 e. The van der Waals surface area contributed by atoms with Crippen molar-refractivity contribution in [2.45, 2.75) is 43.6 Å². The maximum atomic E-state index is 13.4. The standard InChI is InChI=1S/C22H22N4O2/c1-2-17-14-23-15-19(24-17)25-12-10-22(11-13-25)21(27)26-18(8-9-20(26)28-22)16-6-4-3-5-7-16/h1,3-7,14-15,18,20H,8-13H2/t18-,20+/m0/s1. The van der Waals surface area contributed by atoms with Gasteiger partial charge in [-0.15, -0.1) is 6.42 Å². The largest absolute Gasteiger partial charge is 0.355 e. The molecule has 0 saturated carbocycles. The Labute approximate surface area is 164 Å². The first-order chi connectivity index (χ1) is 13.7. The predicted molar refractivity (Wildman–Crippen MR) is 104 cm³/mol. The summed E-state index contributed by atoms with van der Waals surface area (Å²) in [5.41, 5.74) is 1.02. The number of piperidine rings is 1. The van der Waals surface area contributed by atoms with E-state index in [0.29, 0.717) is 31.6 Å². The molecule has 2 atom stereocenters. The highest BCUT2D eigenvalue weighted by molar-refractivity contribution is 5.88. The molecule has 0 aliphatic carbocycles. The highest BCUT2D eigenvalue weighted by Crippen LogP contribution is 2.47. The van der Waals surface area contributed by atoms with Crippen molar-refractivity contribution < 1.29 is 9.53 Å². The van der Waals surface area contributed by atoms with Crippen LogP contribution in [0.15, 0.2) is 42.7 Å². The Balaban J connectivity index is 1.33. The van der Waals surface area contributed by atoms with Crippen LogP contribution in [0.3, 0.4) is 0 Å². The molecule has 1 amide bonds. The number of amides is 1. The summed E-state index contributed by atoms with van der Waals surface area (Å²) in [7, 11) is 0. The van der Waals surface area contributed by atoms with Crippen LogP contribution in [0, 0.1) is 12.3 Å². The number of carbonyl (C=O) groups is 1. The second-order valence-electron chi connectivity index (χ2n) is 7.68. The van der Waals surface area contributed by atoms with Gasteiger partial charge in [0.25, 0.3) is 5.91 Å². The van der Waals surface area contributed by atoms with E-state index < -0.39 is 5.60 Å². The molecule has 1 aromatic carbocycles. The van der Waals surface area contributed by atoms with Crippen molar-refractivity contribution in [1.29, 1.82) is 0 Å². The van der Waals surface area contributed by atoms with Gasteiger partial charge >= 0.3 is 0 Å². The van der Waals surface area contributed by atoms with Gasteiger partial charge in [-0.05, 0) is 24.3 Å². The van der Waals surface area contributed by atoms with Gasteiger partial charge in [0.2, 0.25) is 0 Å². The topological polar surface area (TPSA) is 58.6 Å². The molecule has 142 valence electrons. The van der Waals surface area contributed by atoms with Crippen LogP contribution in [0.4, 0.5) is 5.82 Å². The van der Waals surface area contributed by atoms with Crippen molar-refractivity contribution in [3.8, 4) is 12.3 Å². The van der Waals surface area contributed by atoms with E-state index in [2.05, 4.69) is 32.9 Å². The molecule has 6 nitrogen and oxygen atoms in total. The maximum Gasteiger partial charge on any atom is 0.257 e.